The number of nitrogens with zero attached hydrogens (tertiary/aromatic N) is 1. The maximum atomic E-state index is 13.0. The first kappa shape index (κ1) is 13.1. The molecule has 6 heteroatoms. The summed E-state index contributed by atoms with van der Waals surface area (Å²) in [6.07, 6.45) is -1.49. The van der Waals surface area contributed by atoms with E-state index in [1.165, 1.54) is 0 Å². The molecular weight excluding hydrogens is 231 g/mol. The van der Waals surface area contributed by atoms with Gasteiger partial charge in [0, 0.05) is 25.7 Å². The highest BCUT2D eigenvalue weighted by molar-refractivity contribution is 4.90. The lowest BCUT2D eigenvalue weighted by Gasteiger charge is -2.39. The van der Waals surface area contributed by atoms with Crippen LogP contribution in [0.4, 0.5) is 13.2 Å². The van der Waals surface area contributed by atoms with Gasteiger partial charge in [-0.15, -0.1) is 0 Å². The zero-order valence-corrected chi connectivity index (χ0v) is 9.89. The second-order valence-corrected chi connectivity index (χ2v) is 4.85. The van der Waals surface area contributed by atoms with E-state index >= 15 is 0 Å². The van der Waals surface area contributed by atoms with Crippen LogP contribution in [0.15, 0.2) is 0 Å². The third-order valence-electron chi connectivity index (χ3n) is 3.63. The van der Waals surface area contributed by atoms with E-state index in [0.29, 0.717) is 19.6 Å². The second-order valence-electron chi connectivity index (χ2n) is 4.85. The van der Waals surface area contributed by atoms with E-state index in [2.05, 4.69) is 10.6 Å². The fraction of sp³-hybridized carbons (Fsp3) is 1.00. The molecule has 0 aromatic carbocycles. The van der Waals surface area contributed by atoms with Gasteiger partial charge in [0.15, 0.2) is 0 Å². The van der Waals surface area contributed by atoms with E-state index in [-0.39, 0.29) is 12.6 Å². The number of halogens is 3. The van der Waals surface area contributed by atoms with E-state index in [9.17, 15) is 13.2 Å². The molecule has 2 rings (SSSR count). The van der Waals surface area contributed by atoms with E-state index in [1.807, 2.05) is 0 Å². The average Bonchev–Trinajstić information content (AvgIpc) is 2.54. The zero-order valence-electron chi connectivity index (χ0n) is 9.89. The summed E-state index contributed by atoms with van der Waals surface area (Å²) in [7, 11) is 0. The Bertz CT molecular complexity index is 239. The minimum atomic E-state index is -4.13. The summed E-state index contributed by atoms with van der Waals surface area (Å²) >= 11 is 0. The van der Waals surface area contributed by atoms with E-state index in [1.54, 1.807) is 4.90 Å². The van der Waals surface area contributed by atoms with E-state index < -0.39 is 12.2 Å². The number of alkyl halides is 3. The quantitative estimate of drug-likeness (QED) is 0.727. The molecular formula is C11H20F3N3. The number of nitrogens with one attached hydrogen (secondary N) is 2. The minimum absolute atomic E-state index is 0.0278. The van der Waals surface area contributed by atoms with Gasteiger partial charge in [-0.1, -0.05) is 0 Å². The Balaban J connectivity index is 2.07. The summed E-state index contributed by atoms with van der Waals surface area (Å²) in [4.78, 5) is 1.66. The lowest BCUT2D eigenvalue weighted by atomic mass is 10.0. The van der Waals surface area contributed by atoms with Gasteiger partial charge >= 0.3 is 6.18 Å². The molecule has 2 saturated heterocycles. The second kappa shape index (κ2) is 5.54. The highest BCUT2D eigenvalue weighted by atomic mass is 19.4. The normalized spacial score (nSPS) is 33.4. The van der Waals surface area contributed by atoms with Gasteiger partial charge in [-0.2, -0.15) is 13.2 Å². The van der Waals surface area contributed by atoms with Crippen LogP contribution in [-0.4, -0.2) is 55.9 Å². The Hall–Kier alpha value is -0.330. The van der Waals surface area contributed by atoms with Crippen molar-refractivity contribution in [1.82, 2.24) is 15.5 Å². The molecule has 2 N–H and O–H groups in total. The van der Waals surface area contributed by atoms with Crippen LogP contribution in [-0.2, 0) is 0 Å². The molecule has 2 fully saturated rings. The molecule has 0 bridgehead atoms. The maximum absolute atomic E-state index is 13.0. The van der Waals surface area contributed by atoms with Crippen molar-refractivity contribution in [1.29, 1.82) is 0 Å². The zero-order chi connectivity index (χ0) is 12.3. The van der Waals surface area contributed by atoms with Crippen molar-refractivity contribution in [2.45, 2.75) is 37.5 Å². The van der Waals surface area contributed by atoms with Crippen LogP contribution in [0.2, 0.25) is 0 Å². The molecule has 0 aromatic rings. The number of rotatable bonds is 1. The minimum Gasteiger partial charge on any atom is -0.315 e. The summed E-state index contributed by atoms with van der Waals surface area (Å²) in [5.74, 6) is 0. The molecule has 0 radical (unpaired) electrons. The van der Waals surface area contributed by atoms with Crippen LogP contribution in [0.25, 0.3) is 0 Å². The molecule has 2 aliphatic heterocycles. The highest BCUT2D eigenvalue weighted by Crippen LogP contribution is 2.28. The topological polar surface area (TPSA) is 27.3 Å². The third-order valence-corrected chi connectivity index (χ3v) is 3.63. The number of hydrogen-bond donors (Lipinski definition) is 2. The highest BCUT2D eigenvalue weighted by Gasteiger charge is 2.45. The van der Waals surface area contributed by atoms with Crippen LogP contribution in [0.5, 0.6) is 0 Å². The van der Waals surface area contributed by atoms with Crippen LogP contribution in [0.3, 0.4) is 0 Å². The standard InChI is InChI=1S/C11H20F3N3/c12-11(13,14)10-8-16-5-2-6-17(10)9-3-1-4-15-7-9/h9-10,15-16H,1-8H2. The lowest BCUT2D eigenvalue weighted by Crippen LogP contribution is -2.57. The van der Waals surface area contributed by atoms with Gasteiger partial charge in [0.25, 0.3) is 0 Å². The van der Waals surface area contributed by atoms with Gasteiger partial charge in [-0.05, 0) is 32.4 Å². The molecule has 0 amide bonds. The first-order chi connectivity index (χ1) is 8.09. The van der Waals surface area contributed by atoms with Gasteiger partial charge in [-0.3, -0.25) is 4.90 Å². The van der Waals surface area contributed by atoms with Crippen molar-refractivity contribution >= 4 is 0 Å². The van der Waals surface area contributed by atoms with Crippen LogP contribution in [0, 0.1) is 0 Å². The average molecular weight is 251 g/mol. The first-order valence-corrected chi connectivity index (χ1v) is 6.33. The third kappa shape index (κ3) is 3.33. The Morgan fingerprint density at radius 1 is 1.00 bits per heavy atom. The van der Waals surface area contributed by atoms with Crippen molar-refractivity contribution in [3.05, 3.63) is 0 Å². The molecule has 0 aliphatic carbocycles. The molecule has 100 valence electrons. The molecule has 0 aromatic heterocycles. The predicted molar refractivity (Wildman–Crippen MR) is 59.9 cm³/mol. The van der Waals surface area contributed by atoms with Crippen molar-refractivity contribution in [3.63, 3.8) is 0 Å². The van der Waals surface area contributed by atoms with Gasteiger partial charge in [0.2, 0.25) is 0 Å². The predicted octanol–water partition coefficient (Wildman–Crippen LogP) is 0.965. The Kier molecular flexibility index (Phi) is 4.27. The summed E-state index contributed by atoms with van der Waals surface area (Å²) in [5, 5.41) is 6.09. The fourth-order valence-electron chi connectivity index (χ4n) is 2.76. The fourth-order valence-corrected chi connectivity index (χ4v) is 2.76. The van der Waals surface area contributed by atoms with Crippen molar-refractivity contribution in [2.75, 3.05) is 32.7 Å². The molecule has 2 aliphatic rings. The largest absolute Gasteiger partial charge is 0.405 e. The molecule has 0 spiro atoms. The van der Waals surface area contributed by atoms with Crippen LogP contribution < -0.4 is 10.6 Å². The monoisotopic (exact) mass is 251 g/mol. The summed E-state index contributed by atoms with van der Waals surface area (Å²) in [5.41, 5.74) is 0. The van der Waals surface area contributed by atoms with Crippen molar-refractivity contribution < 1.29 is 13.2 Å². The number of hydrogen-bond acceptors (Lipinski definition) is 3. The summed E-state index contributed by atoms with van der Waals surface area (Å²) < 4.78 is 39.1. The summed E-state index contributed by atoms with van der Waals surface area (Å²) in [6, 6.07) is -1.29. The van der Waals surface area contributed by atoms with Crippen LogP contribution >= 0.6 is 0 Å². The van der Waals surface area contributed by atoms with Crippen LogP contribution in [0.1, 0.15) is 19.3 Å². The number of piperidine rings is 1. The molecule has 2 heterocycles. The lowest BCUT2D eigenvalue weighted by molar-refractivity contribution is -0.187. The van der Waals surface area contributed by atoms with E-state index in [4.69, 9.17) is 0 Å². The Morgan fingerprint density at radius 2 is 1.71 bits per heavy atom. The van der Waals surface area contributed by atoms with Crippen molar-refractivity contribution in [2.24, 2.45) is 0 Å². The molecule has 2 atom stereocenters. The van der Waals surface area contributed by atoms with E-state index in [0.717, 1.165) is 25.8 Å². The SMILES string of the molecule is FC(F)(F)C1CNCCCN1C1CCCNC1. The van der Waals surface area contributed by atoms with Gasteiger partial charge in [0.1, 0.15) is 6.04 Å². The smallest absolute Gasteiger partial charge is 0.315 e. The molecule has 17 heavy (non-hydrogen) atoms. The summed E-state index contributed by atoms with van der Waals surface area (Å²) in [6.45, 7) is 2.87. The van der Waals surface area contributed by atoms with Crippen molar-refractivity contribution in [3.8, 4) is 0 Å². The van der Waals surface area contributed by atoms with Gasteiger partial charge < -0.3 is 10.6 Å². The molecule has 3 nitrogen and oxygen atoms in total. The van der Waals surface area contributed by atoms with Gasteiger partial charge in [-0.25, -0.2) is 0 Å². The van der Waals surface area contributed by atoms with Gasteiger partial charge in [0.05, 0.1) is 0 Å². The Morgan fingerprint density at radius 3 is 2.35 bits per heavy atom. The molecule has 2 unspecified atom stereocenters. The first-order valence-electron chi connectivity index (χ1n) is 6.33. The molecule has 0 saturated carbocycles. The maximum Gasteiger partial charge on any atom is 0.405 e. The Labute approximate surface area is 99.7 Å².